The summed E-state index contributed by atoms with van der Waals surface area (Å²) in [6, 6.07) is 53.5. The molecule has 2 heteroatoms. The minimum atomic E-state index is 0. The van der Waals surface area contributed by atoms with Crippen molar-refractivity contribution in [2.75, 3.05) is 0 Å². The van der Waals surface area contributed by atoms with E-state index in [0.717, 1.165) is 95.5 Å². The summed E-state index contributed by atoms with van der Waals surface area (Å²) in [6.45, 7) is 62.5. The van der Waals surface area contributed by atoms with Crippen LogP contribution in [0.15, 0.2) is 158 Å². The van der Waals surface area contributed by atoms with E-state index in [1.807, 2.05) is 25.1 Å². The highest BCUT2D eigenvalue weighted by Crippen LogP contribution is 2.31. The van der Waals surface area contributed by atoms with Crippen LogP contribution >= 0.6 is 0 Å². The molecule has 0 fully saturated rings. The number of aromatic nitrogens is 1. The highest BCUT2D eigenvalue weighted by Gasteiger charge is 2.10. The monoisotopic (exact) mass is 1270 g/mol. The van der Waals surface area contributed by atoms with Gasteiger partial charge >= 0.3 is 0 Å². The third-order valence-electron chi connectivity index (χ3n) is 16.4. The van der Waals surface area contributed by atoms with Gasteiger partial charge in [0.15, 0.2) is 0 Å². The predicted octanol–water partition coefficient (Wildman–Crippen LogP) is 29.4. The van der Waals surface area contributed by atoms with Crippen LogP contribution in [0.5, 0.6) is 5.75 Å². The van der Waals surface area contributed by atoms with E-state index in [1.165, 1.54) is 85.9 Å². The minimum Gasteiger partial charge on any atom is -0.507 e. The number of phenolic OH excluding ortho intramolecular Hbond substituents is 1. The summed E-state index contributed by atoms with van der Waals surface area (Å²) in [6.07, 6.45) is 10.4. The highest BCUT2D eigenvalue weighted by atomic mass is 16.3. The number of fused-ring (bicyclic) bond motifs is 3. The molecule has 2 nitrogen and oxygen atoms in total. The van der Waals surface area contributed by atoms with Crippen molar-refractivity contribution in [3.8, 4) is 5.75 Å². The van der Waals surface area contributed by atoms with Crippen molar-refractivity contribution in [3.63, 3.8) is 0 Å². The average molecular weight is 1280 g/mol. The molecular formula is C91H151NO. The van der Waals surface area contributed by atoms with E-state index in [0.29, 0.717) is 17.6 Å². The Bertz CT molecular complexity index is 2910. The molecule has 0 saturated carbocycles. The number of H-pyrrole nitrogens is 1. The fourth-order valence-corrected chi connectivity index (χ4v) is 9.50. The lowest BCUT2D eigenvalue weighted by Gasteiger charge is -2.13. The van der Waals surface area contributed by atoms with E-state index in [4.69, 9.17) is 0 Å². The normalized spacial score (nSPS) is 10.9. The lowest BCUT2D eigenvalue weighted by atomic mass is 9.91. The van der Waals surface area contributed by atoms with Crippen LogP contribution in [0.4, 0.5) is 0 Å². The topological polar surface area (TPSA) is 36.0 Å². The standard InChI is InChI=1S/C18H18.C12H15N.C11H16O.C11H16.C10H14.2C7H16.2C6H14.3CH4/c1-13(2)11-18-16-9-5-3-7-14(16)12-15-8-4-6-10-17(15)18;1-9(2)7-10-8-13-12-6-4-3-5-11(10)12;1-8(2)7-10-6-4-5-9(3)11(10)12;1-9(2)8-11-6-4-10(3)5-7-11;1-9(2)8-10-6-4-3-5-7-10;1-6(2)5-7(3)4;1-5-7(4)6(2)3;2*1-5(2)6(3)4;;;/h3-10,12-13H,11H2,1-2H3;3-6,8-9,13H,7H2,1-2H3;4-6,8,12H,7H2,1-3H3;4-7,9H,8H2,1-3H3;3-7,9H,8H2,1-2H3;2*6-7H,5H2,1-4H3;2*5-6H,1-4H3;3*1H4. The molecule has 1 unspecified atom stereocenters. The molecule has 0 amide bonds. The molecule has 0 aliphatic heterocycles. The number of rotatable bonds is 16. The molecule has 0 spiro atoms. The number of hydrogen-bond donors (Lipinski definition) is 2. The third kappa shape index (κ3) is 43.9. The van der Waals surface area contributed by atoms with E-state index < -0.39 is 0 Å². The molecule has 2 N–H and O–H groups in total. The fraction of sp³-hybridized carbons (Fsp3) is 0.560. The van der Waals surface area contributed by atoms with E-state index in [9.17, 15) is 5.11 Å². The molecule has 8 rings (SSSR count). The zero-order chi connectivity index (χ0) is 68.6. The number of benzene rings is 7. The molecule has 1 heterocycles. The van der Waals surface area contributed by atoms with Gasteiger partial charge in [-0.05, 0) is 196 Å². The van der Waals surface area contributed by atoms with Gasteiger partial charge in [-0.3, -0.25) is 0 Å². The Morgan fingerprint density at radius 2 is 0.720 bits per heavy atom. The Kier molecular flexibility index (Phi) is 53.1. The largest absolute Gasteiger partial charge is 0.507 e. The number of aromatic amines is 1. The van der Waals surface area contributed by atoms with E-state index >= 15 is 0 Å². The second-order valence-corrected chi connectivity index (χ2v) is 30.3. The summed E-state index contributed by atoms with van der Waals surface area (Å²) >= 11 is 0. The number of para-hydroxylation sites is 2. The van der Waals surface area contributed by atoms with E-state index in [1.54, 1.807) is 0 Å². The molecule has 526 valence electrons. The van der Waals surface area contributed by atoms with Crippen molar-refractivity contribution in [3.05, 3.63) is 197 Å². The van der Waals surface area contributed by atoms with Gasteiger partial charge in [0.05, 0.1) is 0 Å². The van der Waals surface area contributed by atoms with Crippen molar-refractivity contribution in [1.82, 2.24) is 4.98 Å². The maximum atomic E-state index is 9.65. The van der Waals surface area contributed by atoms with Gasteiger partial charge in [0.2, 0.25) is 0 Å². The van der Waals surface area contributed by atoms with Crippen LogP contribution in [0, 0.1) is 90.8 Å². The van der Waals surface area contributed by atoms with Crippen LogP contribution in [0.3, 0.4) is 0 Å². The van der Waals surface area contributed by atoms with Gasteiger partial charge in [-0.2, -0.15) is 0 Å². The molecule has 7 aromatic carbocycles. The summed E-state index contributed by atoms with van der Waals surface area (Å²) in [4.78, 5) is 3.29. The van der Waals surface area contributed by atoms with Gasteiger partial charge in [0.25, 0.3) is 0 Å². The third-order valence-corrected chi connectivity index (χ3v) is 16.4. The van der Waals surface area contributed by atoms with Gasteiger partial charge in [0, 0.05) is 17.1 Å². The number of hydrogen-bond acceptors (Lipinski definition) is 1. The van der Waals surface area contributed by atoms with Crippen LogP contribution < -0.4 is 0 Å². The van der Waals surface area contributed by atoms with Crippen molar-refractivity contribution < 1.29 is 5.11 Å². The van der Waals surface area contributed by atoms with Crippen LogP contribution in [0.25, 0.3) is 32.4 Å². The Balaban J connectivity index is -0.000000489. The Morgan fingerprint density at radius 3 is 1.09 bits per heavy atom. The number of aryl methyl sites for hydroxylation is 2. The summed E-state index contributed by atoms with van der Waals surface area (Å²) in [7, 11) is 0. The molecular weight excluding hydrogens is 1120 g/mol. The second-order valence-electron chi connectivity index (χ2n) is 30.3. The van der Waals surface area contributed by atoms with Crippen molar-refractivity contribution in [2.45, 2.75) is 261 Å². The average Bonchev–Trinajstić information content (AvgIpc) is 1.32. The Labute approximate surface area is 579 Å². The van der Waals surface area contributed by atoms with E-state index in [-0.39, 0.29) is 22.3 Å². The quantitative estimate of drug-likeness (QED) is 0.0930. The smallest absolute Gasteiger partial charge is 0.121 e. The van der Waals surface area contributed by atoms with Crippen LogP contribution in [0.2, 0.25) is 0 Å². The molecule has 1 aromatic heterocycles. The summed E-state index contributed by atoms with van der Waals surface area (Å²) < 4.78 is 0. The van der Waals surface area contributed by atoms with Crippen molar-refractivity contribution in [2.24, 2.45) is 76.9 Å². The van der Waals surface area contributed by atoms with Crippen LogP contribution in [-0.4, -0.2) is 10.1 Å². The maximum Gasteiger partial charge on any atom is 0.121 e. The van der Waals surface area contributed by atoms with Gasteiger partial charge < -0.3 is 10.1 Å². The molecule has 8 aromatic rings. The fourth-order valence-electron chi connectivity index (χ4n) is 9.50. The molecule has 0 radical (unpaired) electrons. The number of phenols is 1. The predicted molar refractivity (Wildman–Crippen MR) is 431 cm³/mol. The minimum absolute atomic E-state index is 0. The number of aromatic hydroxyl groups is 1. The molecule has 0 saturated heterocycles. The first-order valence-electron chi connectivity index (χ1n) is 35.5. The Morgan fingerprint density at radius 1 is 0.344 bits per heavy atom. The van der Waals surface area contributed by atoms with Gasteiger partial charge in [-0.15, -0.1) is 0 Å². The van der Waals surface area contributed by atoms with Crippen LogP contribution in [0.1, 0.15) is 254 Å². The van der Waals surface area contributed by atoms with E-state index in [2.05, 4.69) is 332 Å². The lowest BCUT2D eigenvalue weighted by Crippen LogP contribution is -2.00. The van der Waals surface area contributed by atoms with Crippen molar-refractivity contribution in [1.29, 1.82) is 0 Å². The second kappa shape index (κ2) is 52.6. The van der Waals surface area contributed by atoms with Gasteiger partial charge in [-0.1, -0.05) is 354 Å². The maximum absolute atomic E-state index is 9.65. The van der Waals surface area contributed by atoms with Crippen molar-refractivity contribution >= 4 is 32.4 Å². The van der Waals surface area contributed by atoms with Gasteiger partial charge in [-0.25, -0.2) is 0 Å². The Hall–Kier alpha value is -5.60. The molecule has 0 aliphatic rings. The summed E-state index contributed by atoms with van der Waals surface area (Å²) in [5.74, 6) is 10.9. The summed E-state index contributed by atoms with van der Waals surface area (Å²) in [5.41, 5.74) is 10.4. The first-order chi connectivity index (χ1) is 42.2. The summed E-state index contributed by atoms with van der Waals surface area (Å²) in [5, 5.41) is 16.5. The zero-order valence-corrected chi connectivity index (χ0v) is 63.4. The number of nitrogens with one attached hydrogen (secondary N) is 1. The van der Waals surface area contributed by atoms with Crippen LogP contribution in [-0.2, 0) is 32.1 Å². The first-order valence-corrected chi connectivity index (χ1v) is 35.5. The molecule has 93 heavy (non-hydrogen) atoms. The first kappa shape index (κ1) is 93.8. The van der Waals surface area contributed by atoms with Gasteiger partial charge in [0.1, 0.15) is 5.75 Å². The zero-order valence-electron chi connectivity index (χ0n) is 63.4. The molecule has 1 atom stereocenters. The molecule has 0 aliphatic carbocycles. The SMILES string of the molecule is C.C.C.CC(C)C(C)C.CC(C)C(C)C.CC(C)CC(C)C.CC(C)Cc1c2ccccc2cc2ccccc12.CC(C)Cc1c[nH]c2ccccc12.CC(C)Cc1ccccc1.CCC(C)C(C)C.Cc1ccc(CC(C)C)cc1.Cc1cccc(CC(C)C)c1O. The lowest BCUT2D eigenvalue weighted by molar-refractivity contribution is 0.407. The highest BCUT2D eigenvalue weighted by molar-refractivity contribution is 6.02. The molecule has 0 bridgehead atoms.